The molecule has 1 aliphatic heterocycles. The summed E-state index contributed by atoms with van der Waals surface area (Å²) in [5, 5.41) is 5.85. The summed E-state index contributed by atoms with van der Waals surface area (Å²) >= 11 is 0. The molecule has 6 nitrogen and oxygen atoms in total. The molecule has 0 spiro atoms. The molecule has 0 bridgehead atoms. The number of nitrogens with one attached hydrogen (secondary N) is 2. The molecule has 2 aromatic rings. The maximum Gasteiger partial charge on any atom is 0.251 e. The van der Waals surface area contributed by atoms with Gasteiger partial charge in [-0.2, -0.15) is 0 Å². The highest BCUT2D eigenvalue weighted by Gasteiger charge is 2.35. The van der Waals surface area contributed by atoms with Gasteiger partial charge in [-0.3, -0.25) is 9.59 Å². The second kappa shape index (κ2) is 8.15. The third kappa shape index (κ3) is 4.21. The predicted molar refractivity (Wildman–Crippen MR) is 110 cm³/mol. The lowest BCUT2D eigenvalue weighted by Crippen LogP contribution is -2.42. The van der Waals surface area contributed by atoms with E-state index in [1.807, 2.05) is 6.07 Å². The van der Waals surface area contributed by atoms with Crippen molar-refractivity contribution in [1.82, 2.24) is 5.32 Å². The Labute approximate surface area is 170 Å². The molecule has 0 radical (unpaired) electrons. The number of carbonyl (C=O) groups excluding carboxylic acids is 2. The summed E-state index contributed by atoms with van der Waals surface area (Å²) in [4.78, 5) is 23.9. The number of rotatable bonds is 5. The van der Waals surface area contributed by atoms with Crippen LogP contribution in [-0.4, -0.2) is 25.2 Å². The first-order valence-electron chi connectivity index (χ1n) is 10.1. The lowest BCUT2D eigenvalue weighted by atomic mass is 9.69. The minimum absolute atomic E-state index is 0.0922. The van der Waals surface area contributed by atoms with Crippen LogP contribution in [0.4, 0.5) is 5.69 Å². The van der Waals surface area contributed by atoms with Gasteiger partial charge in [0.1, 0.15) is 0 Å². The number of ether oxygens (including phenoxy) is 2. The molecule has 29 heavy (non-hydrogen) atoms. The Hall–Kier alpha value is -3.02. The molecular weight excluding hydrogens is 368 g/mol. The molecule has 4 rings (SSSR count). The molecule has 2 aromatic carbocycles. The van der Waals surface area contributed by atoms with Crippen LogP contribution in [0.15, 0.2) is 42.5 Å². The highest BCUT2D eigenvalue weighted by Crippen LogP contribution is 2.43. The van der Waals surface area contributed by atoms with Crippen LogP contribution in [0.1, 0.15) is 54.9 Å². The second-order valence-electron chi connectivity index (χ2n) is 7.85. The van der Waals surface area contributed by atoms with Crippen LogP contribution in [0.5, 0.6) is 11.5 Å². The van der Waals surface area contributed by atoms with Crippen molar-refractivity contribution in [1.29, 1.82) is 0 Å². The summed E-state index contributed by atoms with van der Waals surface area (Å²) in [7, 11) is 0. The molecule has 1 aliphatic carbocycles. The van der Waals surface area contributed by atoms with Crippen molar-refractivity contribution in [2.45, 2.75) is 44.4 Å². The van der Waals surface area contributed by atoms with Gasteiger partial charge in [-0.25, -0.2) is 0 Å². The van der Waals surface area contributed by atoms with E-state index in [9.17, 15) is 9.59 Å². The zero-order valence-electron chi connectivity index (χ0n) is 16.6. The van der Waals surface area contributed by atoms with E-state index in [0.717, 1.165) is 37.2 Å². The molecule has 2 aliphatic rings. The summed E-state index contributed by atoms with van der Waals surface area (Å²) < 4.78 is 11.0. The highest BCUT2D eigenvalue weighted by molar-refractivity contribution is 5.95. The van der Waals surface area contributed by atoms with Crippen LogP contribution in [0, 0.1) is 0 Å². The molecule has 6 heteroatoms. The number of carbonyl (C=O) groups is 2. The smallest absolute Gasteiger partial charge is 0.251 e. The summed E-state index contributed by atoms with van der Waals surface area (Å²) in [6.45, 7) is 2.30. The fourth-order valence-corrected chi connectivity index (χ4v) is 4.28. The summed E-state index contributed by atoms with van der Waals surface area (Å²) in [5.41, 5.74) is 2.36. The van der Waals surface area contributed by atoms with E-state index in [4.69, 9.17) is 9.47 Å². The Balaban J connectivity index is 1.49. The Kier molecular flexibility index (Phi) is 5.43. The van der Waals surface area contributed by atoms with Crippen molar-refractivity contribution in [3.63, 3.8) is 0 Å². The van der Waals surface area contributed by atoms with Crippen LogP contribution < -0.4 is 20.1 Å². The van der Waals surface area contributed by atoms with Gasteiger partial charge in [-0.15, -0.1) is 0 Å². The number of hydrogen-bond acceptors (Lipinski definition) is 4. The van der Waals surface area contributed by atoms with Crippen molar-refractivity contribution >= 4 is 17.5 Å². The maximum atomic E-state index is 12.7. The van der Waals surface area contributed by atoms with Crippen LogP contribution in [0.3, 0.4) is 0 Å². The predicted octanol–water partition coefficient (Wildman–Crippen LogP) is 4.01. The van der Waals surface area contributed by atoms with E-state index in [-0.39, 0.29) is 24.0 Å². The fraction of sp³-hybridized carbons (Fsp3) is 0.391. The Morgan fingerprint density at radius 1 is 0.966 bits per heavy atom. The number of amides is 2. The minimum Gasteiger partial charge on any atom is -0.454 e. The fourth-order valence-electron chi connectivity index (χ4n) is 4.28. The van der Waals surface area contributed by atoms with Crippen molar-refractivity contribution in [3.8, 4) is 11.5 Å². The van der Waals surface area contributed by atoms with Crippen molar-refractivity contribution in [3.05, 3.63) is 53.6 Å². The zero-order chi connectivity index (χ0) is 20.3. The Morgan fingerprint density at radius 2 is 1.69 bits per heavy atom. The first-order chi connectivity index (χ1) is 14.1. The summed E-state index contributed by atoms with van der Waals surface area (Å²) in [5.74, 6) is 1.32. The molecule has 2 amide bonds. The van der Waals surface area contributed by atoms with Gasteiger partial charge in [0.15, 0.2) is 11.5 Å². The van der Waals surface area contributed by atoms with E-state index in [1.165, 1.54) is 18.9 Å². The first kappa shape index (κ1) is 19.3. The largest absolute Gasteiger partial charge is 0.454 e. The molecule has 0 unspecified atom stereocenters. The molecule has 1 heterocycles. The third-order valence-corrected chi connectivity index (χ3v) is 5.85. The van der Waals surface area contributed by atoms with Gasteiger partial charge >= 0.3 is 0 Å². The standard InChI is InChI=1S/C23H26N2O4/c1-16(26)25-19-8-5-17(6-9-19)22(27)24-14-23(11-3-2-4-12-23)18-7-10-20-21(13-18)29-15-28-20/h5-10,13H,2-4,11-12,14-15H2,1H3,(H,24,27)(H,25,26). The normalized spacial score (nSPS) is 16.9. The van der Waals surface area contributed by atoms with E-state index in [2.05, 4.69) is 22.8 Å². The van der Waals surface area contributed by atoms with Gasteiger partial charge in [0, 0.05) is 30.1 Å². The Morgan fingerprint density at radius 3 is 2.41 bits per heavy atom. The number of fused-ring (bicyclic) bond motifs is 1. The molecule has 152 valence electrons. The topological polar surface area (TPSA) is 76.7 Å². The van der Waals surface area contributed by atoms with Gasteiger partial charge in [0.2, 0.25) is 12.7 Å². The lowest BCUT2D eigenvalue weighted by Gasteiger charge is -2.38. The van der Waals surface area contributed by atoms with Crippen molar-refractivity contribution in [2.75, 3.05) is 18.7 Å². The average Bonchev–Trinajstić information content (AvgIpc) is 3.21. The summed E-state index contributed by atoms with van der Waals surface area (Å²) in [6, 6.07) is 13.1. The quantitative estimate of drug-likeness (QED) is 0.803. The van der Waals surface area contributed by atoms with E-state index in [1.54, 1.807) is 24.3 Å². The van der Waals surface area contributed by atoms with Crippen LogP contribution in [0.2, 0.25) is 0 Å². The number of anilines is 1. The van der Waals surface area contributed by atoms with E-state index in [0.29, 0.717) is 17.8 Å². The molecule has 0 atom stereocenters. The molecule has 1 saturated carbocycles. The lowest BCUT2D eigenvalue weighted by molar-refractivity contribution is -0.114. The zero-order valence-corrected chi connectivity index (χ0v) is 16.6. The molecule has 0 saturated heterocycles. The van der Waals surface area contributed by atoms with Gasteiger partial charge in [0.25, 0.3) is 5.91 Å². The van der Waals surface area contributed by atoms with Gasteiger partial charge in [-0.05, 0) is 54.8 Å². The van der Waals surface area contributed by atoms with E-state index < -0.39 is 0 Å². The van der Waals surface area contributed by atoms with Gasteiger partial charge < -0.3 is 20.1 Å². The van der Waals surface area contributed by atoms with Gasteiger partial charge in [-0.1, -0.05) is 25.3 Å². The minimum atomic E-state index is -0.134. The van der Waals surface area contributed by atoms with Crippen LogP contribution >= 0.6 is 0 Å². The van der Waals surface area contributed by atoms with Crippen LogP contribution in [-0.2, 0) is 10.2 Å². The molecular formula is C23H26N2O4. The molecule has 0 aromatic heterocycles. The van der Waals surface area contributed by atoms with Crippen molar-refractivity contribution < 1.29 is 19.1 Å². The highest BCUT2D eigenvalue weighted by atomic mass is 16.7. The first-order valence-corrected chi connectivity index (χ1v) is 10.1. The number of benzene rings is 2. The van der Waals surface area contributed by atoms with Crippen molar-refractivity contribution in [2.24, 2.45) is 0 Å². The summed E-state index contributed by atoms with van der Waals surface area (Å²) in [6.07, 6.45) is 5.60. The van der Waals surface area contributed by atoms with Gasteiger partial charge in [0.05, 0.1) is 0 Å². The molecule has 2 N–H and O–H groups in total. The van der Waals surface area contributed by atoms with E-state index >= 15 is 0 Å². The second-order valence-corrected chi connectivity index (χ2v) is 7.85. The molecule has 1 fully saturated rings. The number of hydrogen-bond donors (Lipinski definition) is 2. The third-order valence-electron chi connectivity index (χ3n) is 5.85. The average molecular weight is 394 g/mol. The Bertz CT molecular complexity index is 902. The SMILES string of the molecule is CC(=O)Nc1ccc(C(=O)NCC2(c3ccc4c(c3)OCO4)CCCCC2)cc1. The van der Waals surface area contributed by atoms with Crippen LogP contribution in [0.25, 0.3) is 0 Å². The monoisotopic (exact) mass is 394 g/mol. The maximum absolute atomic E-state index is 12.7.